The Bertz CT molecular complexity index is 1020. The molecule has 3 aromatic rings. The summed E-state index contributed by atoms with van der Waals surface area (Å²) >= 11 is 6.17. The molecule has 1 aromatic carbocycles. The second-order valence-corrected chi connectivity index (χ2v) is 6.78. The van der Waals surface area contributed by atoms with E-state index in [0.717, 1.165) is 36.0 Å². The molecule has 0 atom stereocenters. The first-order valence-electron chi connectivity index (χ1n) is 8.34. The summed E-state index contributed by atoms with van der Waals surface area (Å²) in [5.74, 6) is 0. The van der Waals surface area contributed by atoms with E-state index in [0.29, 0.717) is 22.5 Å². The molecule has 24 heavy (non-hydrogen) atoms. The molecule has 0 amide bonds. The van der Waals surface area contributed by atoms with Gasteiger partial charge in [-0.25, -0.2) is 0 Å². The molecule has 5 nitrogen and oxygen atoms in total. The van der Waals surface area contributed by atoms with Gasteiger partial charge in [0.15, 0.2) is 0 Å². The van der Waals surface area contributed by atoms with Gasteiger partial charge in [0.1, 0.15) is 5.52 Å². The number of nitrogens with zero attached hydrogens (tertiary/aromatic N) is 3. The number of aryl methyl sites for hydroxylation is 2. The lowest BCUT2D eigenvalue weighted by Crippen LogP contribution is -2.23. The highest BCUT2D eigenvalue weighted by Crippen LogP contribution is 2.26. The third-order valence-corrected chi connectivity index (χ3v) is 4.98. The predicted molar refractivity (Wildman–Crippen MR) is 98.4 cm³/mol. The molecule has 0 fully saturated rings. The van der Waals surface area contributed by atoms with Crippen molar-refractivity contribution in [2.24, 2.45) is 4.99 Å². The number of aliphatic imine (C=N–C) groups is 1. The number of benzene rings is 1. The van der Waals surface area contributed by atoms with Crippen LogP contribution in [0.1, 0.15) is 31.4 Å². The predicted octanol–water partition coefficient (Wildman–Crippen LogP) is 3.85. The molecular weight excluding hydrogens is 324 g/mol. The minimum Gasteiger partial charge on any atom is -0.307 e. The molecule has 0 aliphatic carbocycles. The fraction of sp³-hybridized carbons (Fsp3) is 0.389. The Hall–Kier alpha value is -2.14. The molecule has 0 bridgehead atoms. The molecule has 6 heteroatoms. The Morgan fingerprint density at radius 3 is 3.00 bits per heavy atom. The maximum absolute atomic E-state index is 13.0. The van der Waals surface area contributed by atoms with E-state index in [1.165, 1.54) is 18.6 Å². The van der Waals surface area contributed by atoms with Gasteiger partial charge in [-0.3, -0.25) is 14.9 Å². The number of hydrogen-bond acceptors (Lipinski definition) is 3. The number of H-pyrrole nitrogens is 1. The van der Waals surface area contributed by atoms with Gasteiger partial charge in [-0.2, -0.15) is 5.10 Å². The normalized spacial score (nSPS) is 15.2. The van der Waals surface area contributed by atoms with Crippen LogP contribution in [0.4, 0.5) is 0 Å². The van der Waals surface area contributed by atoms with E-state index in [1.807, 2.05) is 29.7 Å². The first-order chi connectivity index (χ1) is 11.6. The van der Waals surface area contributed by atoms with Crippen LogP contribution in [0.15, 0.2) is 28.0 Å². The monoisotopic (exact) mass is 342 g/mol. The number of aromatic nitrogens is 3. The zero-order chi connectivity index (χ0) is 16.7. The Balaban J connectivity index is 1.88. The molecule has 1 N–H and O–H groups in total. The van der Waals surface area contributed by atoms with Gasteiger partial charge in [-0.1, -0.05) is 11.6 Å². The van der Waals surface area contributed by atoms with Crippen molar-refractivity contribution in [2.75, 3.05) is 6.54 Å². The molecule has 0 radical (unpaired) electrons. The molecule has 1 aliphatic rings. The summed E-state index contributed by atoms with van der Waals surface area (Å²) in [4.78, 5) is 17.6. The maximum atomic E-state index is 13.0. The average Bonchev–Trinajstić information content (AvgIpc) is 2.98. The maximum Gasteiger partial charge on any atom is 0.262 e. The number of halogens is 1. The van der Waals surface area contributed by atoms with Gasteiger partial charge in [0.05, 0.1) is 10.9 Å². The molecule has 124 valence electrons. The third-order valence-electron chi connectivity index (χ3n) is 4.74. The summed E-state index contributed by atoms with van der Waals surface area (Å²) in [5.41, 5.74) is 3.59. The van der Waals surface area contributed by atoms with Crippen molar-refractivity contribution < 1.29 is 0 Å². The Labute approximate surface area is 144 Å². The Morgan fingerprint density at radius 1 is 1.33 bits per heavy atom. The van der Waals surface area contributed by atoms with Crippen LogP contribution in [-0.4, -0.2) is 27.0 Å². The van der Waals surface area contributed by atoms with Crippen LogP contribution in [0, 0.1) is 6.92 Å². The van der Waals surface area contributed by atoms with Crippen LogP contribution in [0.3, 0.4) is 0 Å². The second-order valence-electron chi connectivity index (χ2n) is 6.35. The summed E-state index contributed by atoms with van der Waals surface area (Å²) in [6.07, 6.45) is 4.24. The molecule has 0 saturated heterocycles. The third kappa shape index (κ3) is 2.53. The van der Waals surface area contributed by atoms with Crippen molar-refractivity contribution >= 4 is 39.1 Å². The lowest BCUT2D eigenvalue weighted by Gasteiger charge is -2.15. The molecule has 0 saturated carbocycles. The minimum atomic E-state index is 0.00230. The van der Waals surface area contributed by atoms with Crippen molar-refractivity contribution in [3.8, 4) is 0 Å². The minimum absolute atomic E-state index is 0.00230. The molecule has 1 aliphatic heterocycles. The molecule has 0 unspecified atom stereocenters. The molecule has 2 aromatic heterocycles. The lowest BCUT2D eigenvalue weighted by molar-refractivity contribution is 0.682. The summed E-state index contributed by atoms with van der Waals surface area (Å²) < 4.78 is 1.84. The van der Waals surface area contributed by atoms with Gasteiger partial charge in [0.25, 0.3) is 5.56 Å². The van der Waals surface area contributed by atoms with E-state index < -0.39 is 0 Å². The van der Waals surface area contributed by atoms with Crippen molar-refractivity contribution in [3.63, 3.8) is 0 Å². The van der Waals surface area contributed by atoms with Crippen LogP contribution >= 0.6 is 11.6 Å². The fourth-order valence-electron chi connectivity index (χ4n) is 3.49. The molecule has 0 spiro atoms. The largest absolute Gasteiger partial charge is 0.307 e. The number of nitrogens with one attached hydrogen (secondary N) is 1. The van der Waals surface area contributed by atoms with E-state index in [9.17, 15) is 4.79 Å². The summed E-state index contributed by atoms with van der Waals surface area (Å²) in [5, 5.41) is 9.45. The van der Waals surface area contributed by atoms with Gasteiger partial charge in [0.2, 0.25) is 0 Å². The summed E-state index contributed by atoms with van der Waals surface area (Å²) in [7, 11) is 0. The number of pyridine rings is 1. The van der Waals surface area contributed by atoms with Crippen LogP contribution in [0.25, 0.3) is 21.8 Å². The van der Waals surface area contributed by atoms with E-state index >= 15 is 0 Å². The second kappa shape index (κ2) is 6.06. The van der Waals surface area contributed by atoms with E-state index in [4.69, 9.17) is 11.6 Å². The van der Waals surface area contributed by atoms with Gasteiger partial charge < -0.3 is 4.57 Å². The number of fused-ring (bicyclic) bond motifs is 3. The molecular formula is C18H19ClN4O. The summed E-state index contributed by atoms with van der Waals surface area (Å²) in [6, 6.07) is 5.61. The van der Waals surface area contributed by atoms with E-state index in [-0.39, 0.29) is 5.56 Å². The quantitative estimate of drug-likeness (QED) is 0.785. The highest BCUT2D eigenvalue weighted by atomic mass is 35.5. The van der Waals surface area contributed by atoms with Gasteiger partial charge >= 0.3 is 0 Å². The fourth-order valence-corrected chi connectivity index (χ4v) is 3.66. The summed E-state index contributed by atoms with van der Waals surface area (Å²) in [6.45, 7) is 3.43. The van der Waals surface area contributed by atoms with Crippen molar-refractivity contribution in [2.45, 2.75) is 39.2 Å². The lowest BCUT2D eigenvalue weighted by atomic mass is 10.1. The number of hydrogen-bond donors (Lipinski definition) is 1. The SMILES string of the molecule is Cc1[nH]nc2c1c(=O)n(CCC1=NCCCC1)c1ccc(Cl)cc21. The first-order valence-corrected chi connectivity index (χ1v) is 8.72. The Morgan fingerprint density at radius 2 is 2.21 bits per heavy atom. The number of rotatable bonds is 3. The first kappa shape index (κ1) is 15.4. The van der Waals surface area contributed by atoms with E-state index in [1.54, 1.807) is 0 Å². The highest BCUT2D eigenvalue weighted by Gasteiger charge is 2.16. The van der Waals surface area contributed by atoms with E-state index in [2.05, 4.69) is 15.2 Å². The number of aromatic amines is 1. The molecule has 3 heterocycles. The van der Waals surface area contributed by atoms with Gasteiger partial charge in [-0.05, 0) is 44.4 Å². The highest BCUT2D eigenvalue weighted by molar-refractivity contribution is 6.31. The topological polar surface area (TPSA) is 63.0 Å². The van der Waals surface area contributed by atoms with Crippen molar-refractivity contribution in [3.05, 3.63) is 39.3 Å². The zero-order valence-corrected chi connectivity index (χ0v) is 14.4. The standard InChI is InChI=1S/C18H19ClN4O/c1-11-16-17(22-21-11)14-10-12(19)5-6-15(14)23(18(16)24)9-7-13-4-2-3-8-20-13/h5-6,10H,2-4,7-9H2,1H3,(H,21,22). The van der Waals surface area contributed by atoms with Gasteiger partial charge in [0, 0.05) is 41.3 Å². The van der Waals surface area contributed by atoms with Gasteiger partial charge in [-0.15, -0.1) is 0 Å². The van der Waals surface area contributed by atoms with Crippen molar-refractivity contribution in [1.29, 1.82) is 0 Å². The van der Waals surface area contributed by atoms with Crippen molar-refractivity contribution in [1.82, 2.24) is 14.8 Å². The van der Waals surface area contributed by atoms with Crippen LogP contribution < -0.4 is 5.56 Å². The molecule has 4 rings (SSSR count). The van der Waals surface area contributed by atoms with Crippen LogP contribution in [0.5, 0.6) is 0 Å². The Kier molecular flexibility index (Phi) is 3.88. The van der Waals surface area contributed by atoms with Crippen LogP contribution in [0.2, 0.25) is 5.02 Å². The smallest absolute Gasteiger partial charge is 0.262 e. The average molecular weight is 343 g/mol. The van der Waals surface area contributed by atoms with Crippen LogP contribution in [-0.2, 0) is 6.54 Å². The zero-order valence-electron chi connectivity index (χ0n) is 13.6.